The lowest BCUT2D eigenvalue weighted by atomic mass is 9.80. The Balaban J connectivity index is 1.70. The number of carbonyl (C=O) groups excluding carboxylic acids is 1. The minimum absolute atomic E-state index is 0.00577. The first kappa shape index (κ1) is 15.4. The standard InChI is InChI=1S/C16H21F3N2O/c17-16(18,19)12-5-1-4-11(10-12)15(22)21-9-3-7-14(21)13-6-2-8-20-13/h2,6,8,11-12,14,20H,1,3-5,7,9-10H2/t11-,12+,14+/m1/s1. The number of alkyl halides is 3. The summed E-state index contributed by atoms with van der Waals surface area (Å²) in [6, 6.07) is 3.82. The van der Waals surface area contributed by atoms with Crippen LogP contribution in [0.1, 0.15) is 50.3 Å². The fourth-order valence-electron chi connectivity index (χ4n) is 3.85. The third-order valence-electron chi connectivity index (χ3n) is 5.00. The number of rotatable bonds is 2. The van der Waals surface area contributed by atoms with Gasteiger partial charge in [-0.3, -0.25) is 4.79 Å². The molecule has 0 bridgehead atoms. The van der Waals surface area contributed by atoms with E-state index in [2.05, 4.69) is 4.98 Å². The first-order chi connectivity index (χ1) is 10.5. The lowest BCUT2D eigenvalue weighted by molar-refractivity contribution is -0.187. The molecule has 122 valence electrons. The number of carbonyl (C=O) groups is 1. The average Bonchev–Trinajstić information content (AvgIpc) is 3.16. The van der Waals surface area contributed by atoms with E-state index in [1.54, 1.807) is 4.90 Å². The summed E-state index contributed by atoms with van der Waals surface area (Å²) in [5.41, 5.74) is 0.981. The highest BCUT2D eigenvalue weighted by Crippen LogP contribution is 2.42. The van der Waals surface area contributed by atoms with Crippen LogP contribution in [0.5, 0.6) is 0 Å². The second kappa shape index (κ2) is 5.97. The summed E-state index contributed by atoms with van der Waals surface area (Å²) >= 11 is 0. The number of likely N-dealkylation sites (tertiary alicyclic amines) is 1. The van der Waals surface area contributed by atoms with Crippen molar-refractivity contribution < 1.29 is 18.0 Å². The van der Waals surface area contributed by atoms with Crippen molar-refractivity contribution in [1.29, 1.82) is 0 Å². The lowest BCUT2D eigenvalue weighted by Gasteiger charge is -2.34. The number of amides is 1. The molecule has 1 aromatic heterocycles. The van der Waals surface area contributed by atoms with Gasteiger partial charge in [-0.1, -0.05) is 6.42 Å². The summed E-state index contributed by atoms with van der Waals surface area (Å²) in [7, 11) is 0. The van der Waals surface area contributed by atoms with Gasteiger partial charge in [0.15, 0.2) is 0 Å². The summed E-state index contributed by atoms with van der Waals surface area (Å²) in [5, 5.41) is 0. The van der Waals surface area contributed by atoms with Crippen molar-refractivity contribution in [3.63, 3.8) is 0 Å². The predicted molar refractivity (Wildman–Crippen MR) is 76.0 cm³/mol. The van der Waals surface area contributed by atoms with E-state index < -0.39 is 18.0 Å². The first-order valence-electron chi connectivity index (χ1n) is 7.97. The quantitative estimate of drug-likeness (QED) is 0.878. The highest BCUT2D eigenvalue weighted by atomic mass is 19.4. The number of hydrogen-bond acceptors (Lipinski definition) is 1. The van der Waals surface area contributed by atoms with Gasteiger partial charge in [0.05, 0.1) is 12.0 Å². The molecule has 0 unspecified atom stereocenters. The van der Waals surface area contributed by atoms with Crippen LogP contribution in [0.3, 0.4) is 0 Å². The molecule has 3 nitrogen and oxygen atoms in total. The number of H-pyrrole nitrogens is 1. The van der Waals surface area contributed by atoms with Crippen LogP contribution in [0.2, 0.25) is 0 Å². The topological polar surface area (TPSA) is 36.1 Å². The first-order valence-corrected chi connectivity index (χ1v) is 7.97. The molecule has 1 saturated heterocycles. The van der Waals surface area contributed by atoms with Crippen LogP contribution in [0.4, 0.5) is 13.2 Å². The molecule has 1 N–H and O–H groups in total. The molecule has 22 heavy (non-hydrogen) atoms. The fourth-order valence-corrected chi connectivity index (χ4v) is 3.85. The minimum atomic E-state index is -4.18. The molecule has 0 spiro atoms. The molecule has 3 atom stereocenters. The molecule has 1 saturated carbocycles. The molecule has 1 aliphatic heterocycles. The van der Waals surface area contributed by atoms with Crippen LogP contribution in [0, 0.1) is 11.8 Å². The molecule has 2 heterocycles. The van der Waals surface area contributed by atoms with E-state index in [1.165, 1.54) is 0 Å². The van der Waals surface area contributed by atoms with Crippen molar-refractivity contribution >= 4 is 5.91 Å². The maximum Gasteiger partial charge on any atom is 0.391 e. The normalized spacial score (nSPS) is 29.8. The van der Waals surface area contributed by atoms with Crippen molar-refractivity contribution in [3.8, 4) is 0 Å². The number of aromatic amines is 1. The zero-order valence-electron chi connectivity index (χ0n) is 12.4. The zero-order chi connectivity index (χ0) is 15.7. The van der Waals surface area contributed by atoms with Crippen molar-refractivity contribution in [2.45, 2.75) is 50.7 Å². The Labute approximate surface area is 127 Å². The average molecular weight is 314 g/mol. The molecule has 2 aliphatic rings. The van der Waals surface area contributed by atoms with Crippen LogP contribution >= 0.6 is 0 Å². The molecular weight excluding hydrogens is 293 g/mol. The Hall–Kier alpha value is -1.46. The molecular formula is C16H21F3N2O. The van der Waals surface area contributed by atoms with Crippen molar-refractivity contribution in [2.24, 2.45) is 11.8 Å². The smallest absolute Gasteiger partial charge is 0.363 e. The van der Waals surface area contributed by atoms with Crippen molar-refractivity contribution in [1.82, 2.24) is 9.88 Å². The lowest BCUT2D eigenvalue weighted by Crippen LogP contribution is -2.40. The molecule has 0 aromatic carbocycles. The van der Waals surface area contributed by atoms with E-state index in [9.17, 15) is 18.0 Å². The van der Waals surface area contributed by atoms with E-state index in [1.807, 2.05) is 18.3 Å². The summed E-state index contributed by atoms with van der Waals surface area (Å²) in [6.07, 6.45) is 0.608. The fraction of sp³-hybridized carbons (Fsp3) is 0.688. The van der Waals surface area contributed by atoms with Gasteiger partial charge in [-0.05, 0) is 44.2 Å². The molecule has 3 rings (SSSR count). The molecule has 1 aromatic rings. The maximum atomic E-state index is 12.9. The zero-order valence-corrected chi connectivity index (χ0v) is 12.4. The highest BCUT2D eigenvalue weighted by Gasteiger charge is 2.45. The Kier molecular flexibility index (Phi) is 4.19. The van der Waals surface area contributed by atoms with Gasteiger partial charge in [-0.25, -0.2) is 0 Å². The number of halogens is 3. The van der Waals surface area contributed by atoms with Gasteiger partial charge in [0.25, 0.3) is 0 Å². The second-order valence-electron chi connectivity index (χ2n) is 6.42. The van der Waals surface area contributed by atoms with Gasteiger partial charge in [-0.2, -0.15) is 13.2 Å². The Morgan fingerprint density at radius 2 is 2.05 bits per heavy atom. The number of nitrogens with zero attached hydrogens (tertiary/aromatic N) is 1. The molecule has 6 heteroatoms. The van der Waals surface area contributed by atoms with Gasteiger partial charge >= 0.3 is 6.18 Å². The predicted octanol–water partition coefficient (Wildman–Crippen LogP) is 4.05. The molecule has 1 aliphatic carbocycles. The van der Waals surface area contributed by atoms with Crippen LogP contribution < -0.4 is 0 Å². The van der Waals surface area contributed by atoms with Gasteiger partial charge in [0, 0.05) is 24.4 Å². The largest absolute Gasteiger partial charge is 0.391 e. The third-order valence-corrected chi connectivity index (χ3v) is 5.00. The van der Waals surface area contributed by atoms with Crippen molar-refractivity contribution in [2.75, 3.05) is 6.54 Å². The van der Waals surface area contributed by atoms with E-state index in [-0.39, 0.29) is 24.8 Å². The summed E-state index contributed by atoms with van der Waals surface area (Å²) in [6.45, 7) is 0.649. The summed E-state index contributed by atoms with van der Waals surface area (Å²) in [4.78, 5) is 17.6. The highest BCUT2D eigenvalue weighted by molar-refractivity contribution is 5.79. The van der Waals surface area contributed by atoms with E-state index in [0.29, 0.717) is 19.4 Å². The number of nitrogens with one attached hydrogen (secondary N) is 1. The Bertz CT molecular complexity index is 512. The number of aromatic nitrogens is 1. The van der Waals surface area contributed by atoms with Crippen LogP contribution in [0.25, 0.3) is 0 Å². The SMILES string of the molecule is O=C([C@@H]1CCC[C@H](C(F)(F)F)C1)N1CCC[C@H]1c1ccc[nH]1. The second-order valence-corrected chi connectivity index (χ2v) is 6.42. The molecule has 1 amide bonds. The summed E-state index contributed by atoms with van der Waals surface area (Å²) in [5.74, 6) is -1.89. The van der Waals surface area contributed by atoms with Gasteiger partial charge in [0.1, 0.15) is 0 Å². The van der Waals surface area contributed by atoms with Gasteiger partial charge in [-0.15, -0.1) is 0 Å². The Morgan fingerprint density at radius 3 is 2.73 bits per heavy atom. The molecule has 2 fully saturated rings. The van der Waals surface area contributed by atoms with E-state index in [4.69, 9.17) is 0 Å². The van der Waals surface area contributed by atoms with Crippen molar-refractivity contribution in [3.05, 3.63) is 24.0 Å². The van der Waals surface area contributed by atoms with Crippen LogP contribution in [0.15, 0.2) is 18.3 Å². The maximum absolute atomic E-state index is 12.9. The Morgan fingerprint density at radius 1 is 1.23 bits per heavy atom. The third kappa shape index (κ3) is 3.01. The van der Waals surface area contributed by atoms with Crippen LogP contribution in [-0.4, -0.2) is 28.5 Å². The summed E-state index contributed by atoms with van der Waals surface area (Å²) < 4.78 is 38.8. The van der Waals surface area contributed by atoms with E-state index in [0.717, 1.165) is 18.5 Å². The molecule has 0 radical (unpaired) electrons. The van der Waals surface area contributed by atoms with Crippen LogP contribution in [-0.2, 0) is 4.79 Å². The number of hydrogen-bond donors (Lipinski definition) is 1. The van der Waals surface area contributed by atoms with E-state index >= 15 is 0 Å². The monoisotopic (exact) mass is 314 g/mol. The van der Waals surface area contributed by atoms with Gasteiger partial charge in [0.2, 0.25) is 5.91 Å². The minimum Gasteiger partial charge on any atom is -0.363 e. The van der Waals surface area contributed by atoms with Gasteiger partial charge < -0.3 is 9.88 Å².